The molecule has 48 heavy (non-hydrogen) atoms. The summed E-state index contributed by atoms with van der Waals surface area (Å²) in [6.45, 7) is 2.93. The van der Waals surface area contributed by atoms with Crippen LogP contribution in [0.2, 0.25) is 0 Å². The van der Waals surface area contributed by atoms with Gasteiger partial charge < -0.3 is 29.6 Å². The molecule has 5 heterocycles. The fraction of sp³-hybridized carbons (Fsp3) is 0.265. The quantitative estimate of drug-likeness (QED) is 0.145. The molecular formula is C34H32F2N8O4. The van der Waals surface area contributed by atoms with Gasteiger partial charge in [-0.05, 0) is 62.1 Å². The molecule has 1 fully saturated rings. The lowest BCUT2D eigenvalue weighted by molar-refractivity contribution is -0.0366. The van der Waals surface area contributed by atoms with Gasteiger partial charge in [0.1, 0.15) is 40.6 Å². The summed E-state index contributed by atoms with van der Waals surface area (Å²) in [5.74, 6) is 0.555. The van der Waals surface area contributed by atoms with Crippen molar-refractivity contribution in [1.82, 2.24) is 29.7 Å². The minimum Gasteiger partial charge on any atom is -0.497 e. The van der Waals surface area contributed by atoms with Crippen molar-refractivity contribution in [3.63, 3.8) is 0 Å². The Labute approximate surface area is 274 Å². The number of ether oxygens (including phenoxy) is 4. The lowest BCUT2D eigenvalue weighted by atomic mass is 10.1. The number of methoxy groups -OCH3 is 2. The number of nitrogens with zero attached hydrogens (tertiary/aromatic N) is 6. The van der Waals surface area contributed by atoms with Gasteiger partial charge in [-0.3, -0.25) is 0 Å². The fourth-order valence-corrected chi connectivity index (χ4v) is 5.71. The first-order valence-electron chi connectivity index (χ1n) is 15.4. The first kappa shape index (κ1) is 31.0. The second-order valence-corrected chi connectivity index (χ2v) is 11.2. The Kier molecular flexibility index (Phi) is 8.55. The molecule has 1 aliphatic heterocycles. The van der Waals surface area contributed by atoms with Crippen LogP contribution in [0.25, 0.3) is 21.8 Å². The van der Waals surface area contributed by atoms with E-state index in [9.17, 15) is 8.78 Å². The number of nitrogens with one attached hydrogen (secondary N) is 2. The van der Waals surface area contributed by atoms with Gasteiger partial charge in [0.25, 0.3) is 0 Å². The Morgan fingerprint density at radius 1 is 0.979 bits per heavy atom. The molecule has 4 aromatic heterocycles. The third-order valence-electron chi connectivity index (χ3n) is 8.14. The molecule has 0 amide bonds. The van der Waals surface area contributed by atoms with Crippen LogP contribution in [0.15, 0.2) is 61.1 Å². The van der Waals surface area contributed by atoms with Crippen LogP contribution in [0.5, 0.6) is 23.1 Å². The van der Waals surface area contributed by atoms with Crippen molar-refractivity contribution in [3.05, 3.63) is 83.9 Å². The molecule has 246 valence electrons. The maximum Gasteiger partial charge on any atom is 0.234 e. The lowest BCUT2D eigenvalue weighted by Gasteiger charge is -2.23. The van der Waals surface area contributed by atoms with Crippen molar-refractivity contribution in [2.75, 3.05) is 31.5 Å². The zero-order chi connectivity index (χ0) is 33.2. The van der Waals surface area contributed by atoms with Crippen LogP contribution in [0, 0.1) is 18.7 Å². The Hall–Kier alpha value is -5.63. The number of rotatable bonds is 10. The molecule has 14 heteroatoms. The second-order valence-electron chi connectivity index (χ2n) is 11.2. The van der Waals surface area contributed by atoms with Gasteiger partial charge in [0.15, 0.2) is 17.9 Å². The summed E-state index contributed by atoms with van der Waals surface area (Å²) in [7, 11) is 3.18. The third-order valence-corrected chi connectivity index (χ3v) is 8.14. The van der Waals surface area contributed by atoms with Gasteiger partial charge in [-0.2, -0.15) is 19.5 Å². The van der Waals surface area contributed by atoms with Crippen molar-refractivity contribution in [1.29, 1.82) is 0 Å². The summed E-state index contributed by atoms with van der Waals surface area (Å²) in [6.07, 6.45) is 5.89. The van der Waals surface area contributed by atoms with Crippen molar-refractivity contribution < 1.29 is 27.7 Å². The minimum atomic E-state index is -0.847. The molecule has 2 N–H and O–H groups in total. The highest BCUT2D eigenvalue weighted by Crippen LogP contribution is 2.40. The number of fused-ring (bicyclic) bond motifs is 2. The van der Waals surface area contributed by atoms with Crippen LogP contribution in [-0.2, 0) is 11.3 Å². The summed E-state index contributed by atoms with van der Waals surface area (Å²) < 4.78 is 54.0. The predicted octanol–water partition coefficient (Wildman–Crippen LogP) is 7.22. The van der Waals surface area contributed by atoms with Gasteiger partial charge in [0.2, 0.25) is 11.8 Å². The van der Waals surface area contributed by atoms with Crippen LogP contribution in [0.3, 0.4) is 0 Å². The molecule has 2 aromatic carbocycles. The monoisotopic (exact) mass is 654 g/mol. The smallest absolute Gasteiger partial charge is 0.234 e. The SMILES string of the molecule is COc1ccc(CNc2ncnc3cc(Nc4nc(F)ccc4F)nc(Oc4c(C)ccc5c4cnn5C4CCCCO4)c23)c(OC)c1. The number of benzene rings is 2. The largest absolute Gasteiger partial charge is 0.497 e. The van der Waals surface area contributed by atoms with Gasteiger partial charge >= 0.3 is 0 Å². The molecule has 7 rings (SSSR count). The van der Waals surface area contributed by atoms with E-state index in [2.05, 4.69) is 30.7 Å². The van der Waals surface area contributed by atoms with Gasteiger partial charge in [0.05, 0.1) is 36.8 Å². The molecule has 0 radical (unpaired) electrons. The Balaban J connectivity index is 1.32. The number of aryl methyl sites for hydroxylation is 1. The van der Waals surface area contributed by atoms with E-state index >= 15 is 0 Å². The highest BCUT2D eigenvalue weighted by atomic mass is 19.1. The number of aromatic nitrogens is 6. The topological polar surface area (TPSA) is 130 Å². The Morgan fingerprint density at radius 2 is 1.88 bits per heavy atom. The lowest BCUT2D eigenvalue weighted by Crippen LogP contribution is -2.18. The highest BCUT2D eigenvalue weighted by molar-refractivity contribution is 5.96. The molecule has 1 aliphatic rings. The summed E-state index contributed by atoms with van der Waals surface area (Å²) in [6, 6.07) is 13.0. The van der Waals surface area contributed by atoms with E-state index in [-0.39, 0.29) is 23.7 Å². The predicted molar refractivity (Wildman–Crippen MR) is 175 cm³/mol. The zero-order valence-electron chi connectivity index (χ0n) is 26.5. The molecule has 1 saturated heterocycles. The summed E-state index contributed by atoms with van der Waals surface area (Å²) in [4.78, 5) is 17.3. The average Bonchev–Trinajstić information content (AvgIpc) is 3.54. The van der Waals surface area contributed by atoms with Gasteiger partial charge in [-0.15, -0.1) is 0 Å². The molecular weight excluding hydrogens is 622 g/mol. The maximum absolute atomic E-state index is 14.6. The zero-order valence-corrected chi connectivity index (χ0v) is 26.5. The number of hydrogen-bond acceptors (Lipinski definition) is 11. The Bertz CT molecular complexity index is 2120. The fourth-order valence-electron chi connectivity index (χ4n) is 5.71. The van der Waals surface area contributed by atoms with Crippen LogP contribution >= 0.6 is 0 Å². The number of halogens is 2. The van der Waals surface area contributed by atoms with E-state index in [0.717, 1.165) is 53.4 Å². The maximum atomic E-state index is 14.6. The van der Waals surface area contributed by atoms with Gasteiger partial charge in [-0.1, -0.05) is 6.07 Å². The van der Waals surface area contributed by atoms with Gasteiger partial charge in [-0.25, -0.2) is 19.0 Å². The summed E-state index contributed by atoms with van der Waals surface area (Å²) in [5, 5.41) is 12.0. The van der Waals surface area contributed by atoms with E-state index in [0.29, 0.717) is 47.1 Å². The molecule has 0 bridgehead atoms. The van der Waals surface area contributed by atoms with E-state index < -0.39 is 11.8 Å². The van der Waals surface area contributed by atoms with Crippen molar-refractivity contribution in [2.24, 2.45) is 0 Å². The van der Waals surface area contributed by atoms with Gasteiger partial charge in [0, 0.05) is 30.8 Å². The minimum absolute atomic E-state index is 0.119. The number of anilines is 3. The normalized spacial score (nSPS) is 14.6. The van der Waals surface area contributed by atoms with Crippen molar-refractivity contribution in [2.45, 2.75) is 39.0 Å². The van der Waals surface area contributed by atoms with E-state index in [1.165, 1.54) is 6.33 Å². The summed E-state index contributed by atoms with van der Waals surface area (Å²) in [5.41, 5.74) is 2.94. The molecule has 0 aliphatic carbocycles. The number of pyridine rings is 2. The molecule has 1 unspecified atom stereocenters. The Morgan fingerprint density at radius 3 is 2.69 bits per heavy atom. The first-order chi connectivity index (χ1) is 23.4. The summed E-state index contributed by atoms with van der Waals surface area (Å²) >= 11 is 0. The van der Waals surface area contributed by atoms with E-state index in [4.69, 9.17) is 23.9 Å². The molecule has 12 nitrogen and oxygen atoms in total. The van der Waals surface area contributed by atoms with E-state index in [1.54, 1.807) is 32.5 Å². The van der Waals surface area contributed by atoms with Crippen molar-refractivity contribution >= 4 is 39.3 Å². The second kappa shape index (κ2) is 13.2. The molecule has 6 aromatic rings. The third kappa shape index (κ3) is 6.09. The first-order valence-corrected chi connectivity index (χ1v) is 15.4. The molecule has 0 spiro atoms. The number of hydrogen-bond donors (Lipinski definition) is 2. The van der Waals surface area contributed by atoms with Crippen LogP contribution in [0.4, 0.5) is 26.2 Å². The van der Waals surface area contributed by atoms with E-state index in [1.807, 2.05) is 35.9 Å². The van der Waals surface area contributed by atoms with Crippen LogP contribution < -0.4 is 24.8 Å². The average molecular weight is 655 g/mol. The molecule has 1 atom stereocenters. The molecule has 0 saturated carbocycles. The van der Waals surface area contributed by atoms with Crippen LogP contribution in [-0.4, -0.2) is 50.5 Å². The van der Waals surface area contributed by atoms with Crippen molar-refractivity contribution in [3.8, 4) is 23.1 Å². The van der Waals surface area contributed by atoms with Crippen LogP contribution in [0.1, 0.15) is 36.6 Å². The standard InChI is InChI=1S/C34H32F2N8O4/c1-19-7-11-25-22(17-40-44(25)29-6-4-5-13-47-29)31(19)48-34-30-24(15-28(43-34)42-32-23(35)10-12-27(36)41-32)38-18-39-33(30)37-16-20-8-9-21(45-2)14-26(20)46-3/h7-12,14-15,17-18,29H,4-6,13,16H2,1-3H3,(H,37,38,39)(H,41,42,43). The highest BCUT2D eigenvalue weighted by Gasteiger charge is 2.23.